The first-order valence-electron chi connectivity index (χ1n) is 6.06. The Labute approximate surface area is 114 Å². The number of carbonyl (C=O) groups is 1. The van der Waals surface area contributed by atoms with Gasteiger partial charge in [-0.3, -0.25) is 4.79 Å². The molecule has 0 saturated heterocycles. The van der Waals surface area contributed by atoms with E-state index < -0.39 is 5.92 Å². The molecule has 1 fully saturated rings. The maximum Gasteiger partial charge on any atom is 0.248 e. The number of carbonyl (C=O) groups excluding carboxylic acids is 1. The summed E-state index contributed by atoms with van der Waals surface area (Å²) in [7, 11) is 0. The highest BCUT2D eigenvalue weighted by Gasteiger charge is 2.35. The van der Waals surface area contributed by atoms with Crippen LogP contribution in [0.4, 0.5) is 14.7 Å². The number of alkyl halides is 2. The average Bonchev–Trinajstić information content (AvgIpc) is 2.31. The van der Waals surface area contributed by atoms with E-state index >= 15 is 0 Å². The van der Waals surface area contributed by atoms with Crippen LogP contribution in [0.3, 0.4) is 0 Å². The molecule has 0 amide bonds. The van der Waals surface area contributed by atoms with Gasteiger partial charge in [0, 0.05) is 31.9 Å². The van der Waals surface area contributed by atoms with Gasteiger partial charge in [-0.25, -0.2) is 18.7 Å². The molecular formula is C12H14ClF2N3O. The summed E-state index contributed by atoms with van der Waals surface area (Å²) in [5.41, 5.74) is 0.212. The van der Waals surface area contributed by atoms with Gasteiger partial charge < -0.3 is 5.32 Å². The lowest BCUT2D eigenvalue weighted by molar-refractivity contribution is -0.0361. The zero-order valence-electron chi connectivity index (χ0n) is 10.4. The summed E-state index contributed by atoms with van der Waals surface area (Å²) in [6.07, 6.45) is 0.395. The Morgan fingerprint density at radius 2 is 2.05 bits per heavy atom. The molecule has 2 rings (SSSR count). The predicted molar refractivity (Wildman–Crippen MR) is 67.9 cm³/mol. The first-order chi connectivity index (χ1) is 8.85. The number of nitrogens with zero attached hydrogens (tertiary/aromatic N) is 2. The summed E-state index contributed by atoms with van der Waals surface area (Å²) in [6.45, 7) is 1.38. The van der Waals surface area contributed by atoms with Crippen LogP contribution in [0, 0.1) is 0 Å². The van der Waals surface area contributed by atoms with Crippen molar-refractivity contribution < 1.29 is 13.6 Å². The van der Waals surface area contributed by atoms with Gasteiger partial charge >= 0.3 is 0 Å². The van der Waals surface area contributed by atoms with E-state index in [4.69, 9.17) is 11.6 Å². The fourth-order valence-electron chi connectivity index (χ4n) is 2.03. The normalized spacial score (nSPS) is 19.2. The molecule has 1 heterocycles. The first kappa shape index (κ1) is 14.1. The minimum absolute atomic E-state index is 0.113. The number of hydrogen-bond acceptors (Lipinski definition) is 4. The molecule has 4 nitrogen and oxygen atoms in total. The van der Waals surface area contributed by atoms with Crippen molar-refractivity contribution in [2.45, 2.75) is 44.6 Å². The van der Waals surface area contributed by atoms with Crippen LogP contribution < -0.4 is 5.32 Å². The van der Waals surface area contributed by atoms with Gasteiger partial charge in [-0.05, 0) is 12.8 Å². The molecule has 0 atom stereocenters. The number of halogens is 3. The number of anilines is 1. The number of rotatable bonds is 3. The van der Waals surface area contributed by atoms with Crippen LogP contribution in [-0.4, -0.2) is 27.7 Å². The molecule has 1 aromatic heterocycles. The van der Waals surface area contributed by atoms with Gasteiger partial charge in [0.1, 0.15) is 10.8 Å². The monoisotopic (exact) mass is 289 g/mol. The van der Waals surface area contributed by atoms with Crippen molar-refractivity contribution in [2.75, 3.05) is 5.32 Å². The van der Waals surface area contributed by atoms with Crippen LogP contribution in [0.2, 0.25) is 5.15 Å². The van der Waals surface area contributed by atoms with E-state index in [1.54, 1.807) is 0 Å². The lowest BCUT2D eigenvalue weighted by Crippen LogP contribution is -2.32. The Morgan fingerprint density at radius 3 is 2.63 bits per heavy atom. The van der Waals surface area contributed by atoms with Crippen molar-refractivity contribution in [2.24, 2.45) is 0 Å². The molecule has 1 saturated carbocycles. The molecule has 19 heavy (non-hydrogen) atoms. The fraction of sp³-hybridized carbons (Fsp3) is 0.583. The van der Waals surface area contributed by atoms with Gasteiger partial charge in [0.15, 0.2) is 5.78 Å². The van der Waals surface area contributed by atoms with Crippen molar-refractivity contribution in [3.05, 3.63) is 16.9 Å². The summed E-state index contributed by atoms with van der Waals surface area (Å²) in [5.74, 6) is -2.58. The van der Waals surface area contributed by atoms with Gasteiger partial charge in [0.2, 0.25) is 11.9 Å². The zero-order chi connectivity index (χ0) is 14.0. The maximum absolute atomic E-state index is 13.0. The molecule has 0 aromatic carbocycles. The number of aromatic nitrogens is 2. The molecule has 1 aliphatic rings. The summed E-state index contributed by atoms with van der Waals surface area (Å²) in [4.78, 5) is 19.2. The summed E-state index contributed by atoms with van der Waals surface area (Å²) < 4.78 is 26.1. The predicted octanol–water partition coefficient (Wildman–Crippen LogP) is 3.32. The minimum Gasteiger partial charge on any atom is -0.351 e. The topological polar surface area (TPSA) is 54.9 Å². The summed E-state index contributed by atoms with van der Waals surface area (Å²) in [6, 6.07) is 1.27. The van der Waals surface area contributed by atoms with E-state index in [-0.39, 0.29) is 41.5 Å². The molecule has 7 heteroatoms. The molecule has 1 N–H and O–H groups in total. The average molecular weight is 290 g/mol. The van der Waals surface area contributed by atoms with Gasteiger partial charge in [-0.15, -0.1) is 0 Å². The Bertz CT molecular complexity index is 486. The molecule has 0 radical (unpaired) electrons. The largest absolute Gasteiger partial charge is 0.351 e. The third-order valence-corrected chi connectivity index (χ3v) is 3.30. The second-order valence-electron chi connectivity index (χ2n) is 4.73. The lowest BCUT2D eigenvalue weighted by Gasteiger charge is -2.28. The van der Waals surface area contributed by atoms with Crippen LogP contribution in [0.5, 0.6) is 0 Å². The van der Waals surface area contributed by atoms with E-state index in [1.807, 2.05) is 0 Å². The molecule has 0 bridgehead atoms. The molecule has 1 aliphatic carbocycles. The highest BCUT2D eigenvalue weighted by atomic mass is 35.5. The second kappa shape index (κ2) is 5.36. The maximum atomic E-state index is 13.0. The van der Waals surface area contributed by atoms with Crippen molar-refractivity contribution in [3.8, 4) is 0 Å². The third-order valence-electron chi connectivity index (χ3n) is 3.11. The van der Waals surface area contributed by atoms with Gasteiger partial charge in [0.25, 0.3) is 0 Å². The van der Waals surface area contributed by atoms with Gasteiger partial charge in [0.05, 0.1) is 0 Å². The van der Waals surface area contributed by atoms with Crippen LogP contribution >= 0.6 is 11.6 Å². The van der Waals surface area contributed by atoms with E-state index in [2.05, 4.69) is 15.3 Å². The van der Waals surface area contributed by atoms with Crippen molar-refractivity contribution in [3.63, 3.8) is 0 Å². The zero-order valence-corrected chi connectivity index (χ0v) is 11.2. The molecule has 0 aliphatic heterocycles. The molecule has 1 aromatic rings. The standard InChI is InChI=1S/C12H14ClF2N3O/c1-7(19)9-6-10(13)18-11(17-9)16-8-2-4-12(14,15)5-3-8/h6,8H,2-5H2,1H3,(H,16,17,18). The molecule has 0 unspecified atom stereocenters. The first-order valence-corrected chi connectivity index (χ1v) is 6.43. The SMILES string of the molecule is CC(=O)c1cc(Cl)nc(NC2CCC(F)(F)CC2)n1. The van der Waals surface area contributed by atoms with E-state index in [0.29, 0.717) is 12.8 Å². The van der Waals surface area contributed by atoms with Crippen molar-refractivity contribution in [1.82, 2.24) is 9.97 Å². The Balaban J connectivity index is 2.05. The highest BCUT2D eigenvalue weighted by Crippen LogP contribution is 2.33. The number of hydrogen-bond donors (Lipinski definition) is 1. The molecular weight excluding hydrogens is 276 g/mol. The summed E-state index contributed by atoms with van der Waals surface area (Å²) >= 11 is 5.79. The molecule has 104 valence electrons. The van der Waals surface area contributed by atoms with Crippen LogP contribution in [0.15, 0.2) is 6.07 Å². The molecule has 0 spiro atoms. The van der Waals surface area contributed by atoms with Crippen LogP contribution in [0.1, 0.15) is 43.1 Å². The second-order valence-corrected chi connectivity index (χ2v) is 5.12. The number of Topliss-reactive ketones (excluding diaryl/α,β-unsaturated/α-hetero) is 1. The number of ketones is 1. The van der Waals surface area contributed by atoms with E-state index in [9.17, 15) is 13.6 Å². The Hall–Kier alpha value is -1.30. The van der Waals surface area contributed by atoms with E-state index in [0.717, 1.165) is 0 Å². The highest BCUT2D eigenvalue weighted by molar-refractivity contribution is 6.29. The Morgan fingerprint density at radius 1 is 1.42 bits per heavy atom. The van der Waals surface area contributed by atoms with E-state index in [1.165, 1.54) is 13.0 Å². The van der Waals surface area contributed by atoms with Gasteiger partial charge in [-0.2, -0.15) is 0 Å². The fourth-order valence-corrected chi connectivity index (χ4v) is 2.21. The summed E-state index contributed by atoms with van der Waals surface area (Å²) in [5, 5.41) is 3.12. The van der Waals surface area contributed by atoms with Gasteiger partial charge in [-0.1, -0.05) is 11.6 Å². The third kappa shape index (κ3) is 3.83. The van der Waals surface area contributed by atoms with Crippen molar-refractivity contribution >= 4 is 23.3 Å². The van der Waals surface area contributed by atoms with Crippen molar-refractivity contribution in [1.29, 1.82) is 0 Å². The quantitative estimate of drug-likeness (QED) is 0.685. The van der Waals surface area contributed by atoms with Crippen LogP contribution in [-0.2, 0) is 0 Å². The van der Waals surface area contributed by atoms with Crippen LogP contribution in [0.25, 0.3) is 0 Å². The lowest BCUT2D eigenvalue weighted by atomic mass is 9.92. The Kier molecular flexibility index (Phi) is 3.99. The minimum atomic E-state index is -2.57. The smallest absolute Gasteiger partial charge is 0.248 e. The number of nitrogens with one attached hydrogen (secondary N) is 1.